The Morgan fingerprint density at radius 3 is 2.50 bits per heavy atom. The molecule has 3 aromatic rings. The van der Waals surface area contributed by atoms with Crippen molar-refractivity contribution in [2.45, 2.75) is 18.1 Å². The predicted octanol–water partition coefficient (Wildman–Crippen LogP) is 4.42. The van der Waals surface area contributed by atoms with Crippen molar-refractivity contribution in [1.29, 1.82) is 0 Å². The lowest BCUT2D eigenvalue weighted by Crippen LogP contribution is -2.15. The molecular weight excluding hydrogens is 368 g/mol. The van der Waals surface area contributed by atoms with Gasteiger partial charge in [-0.3, -0.25) is 9.52 Å². The van der Waals surface area contributed by atoms with Crippen LogP contribution in [0.15, 0.2) is 64.2 Å². The number of hydrogen-bond acceptors (Lipinski definition) is 4. The number of carbonyl (C=O) groups excluding carboxylic acids is 1. The predicted molar refractivity (Wildman–Crippen MR) is 105 cm³/mol. The molecule has 134 valence electrons. The third kappa shape index (κ3) is 3.95. The molecule has 0 radical (unpaired) electrons. The molecule has 0 spiro atoms. The lowest BCUT2D eigenvalue weighted by Gasteiger charge is -2.11. The van der Waals surface area contributed by atoms with Crippen molar-refractivity contribution in [3.8, 4) is 0 Å². The molecule has 3 rings (SSSR count). The van der Waals surface area contributed by atoms with Crippen molar-refractivity contribution in [1.82, 2.24) is 0 Å². The molecular formula is C19H18N2O3S2. The fourth-order valence-corrected chi connectivity index (χ4v) is 4.47. The Hall–Kier alpha value is -2.64. The van der Waals surface area contributed by atoms with Gasteiger partial charge < -0.3 is 5.32 Å². The smallest absolute Gasteiger partial charge is 0.271 e. The van der Waals surface area contributed by atoms with Crippen molar-refractivity contribution >= 4 is 38.6 Å². The fraction of sp³-hybridized carbons (Fsp3) is 0.105. The minimum absolute atomic E-state index is 0.225. The minimum Gasteiger partial charge on any atom is -0.322 e. The molecule has 0 atom stereocenters. The van der Waals surface area contributed by atoms with Gasteiger partial charge in [-0.25, -0.2) is 8.42 Å². The number of anilines is 2. The molecule has 2 N–H and O–H groups in total. The summed E-state index contributed by atoms with van der Waals surface area (Å²) in [5, 5.41) is 4.57. The standard InChI is InChI=1S/C19H18N2O3S2/c1-13-6-3-9-17(14(13)2)20-19(22)15-7-4-8-16(12-15)21-26(23,24)18-10-5-11-25-18/h3-12,21H,1-2H3,(H,20,22). The first-order valence-electron chi connectivity index (χ1n) is 7.91. The molecule has 2 aromatic carbocycles. The van der Waals surface area contributed by atoms with Crippen molar-refractivity contribution in [2.24, 2.45) is 0 Å². The number of benzene rings is 2. The number of amides is 1. The van der Waals surface area contributed by atoms with Crippen LogP contribution in [-0.4, -0.2) is 14.3 Å². The average molecular weight is 386 g/mol. The second kappa shape index (κ2) is 7.31. The number of carbonyl (C=O) groups is 1. The van der Waals surface area contributed by atoms with Gasteiger partial charge in [-0.15, -0.1) is 11.3 Å². The Kier molecular flexibility index (Phi) is 5.11. The summed E-state index contributed by atoms with van der Waals surface area (Å²) in [5.41, 5.74) is 3.53. The van der Waals surface area contributed by atoms with Gasteiger partial charge in [0.25, 0.3) is 15.9 Å². The number of hydrogen-bond donors (Lipinski definition) is 2. The summed E-state index contributed by atoms with van der Waals surface area (Å²) >= 11 is 1.13. The first-order valence-corrected chi connectivity index (χ1v) is 10.3. The molecule has 1 aromatic heterocycles. The molecule has 7 heteroatoms. The summed E-state index contributed by atoms with van der Waals surface area (Å²) in [5.74, 6) is -0.295. The van der Waals surface area contributed by atoms with E-state index in [1.807, 2.05) is 32.0 Å². The van der Waals surface area contributed by atoms with Crippen LogP contribution in [0.2, 0.25) is 0 Å². The van der Waals surface area contributed by atoms with Crippen LogP contribution in [0, 0.1) is 13.8 Å². The highest BCUT2D eigenvalue weighted by molar-refractivity contribution is 7.94. The fourth-order valence-electron chi connectivity index (χ4n) is 2.43. The highest BCUT2D eigenvalue weighted by Crippen LogP contribution is 2.22. The third-order valence-corrected chi connectivity index (χ3v) is 6.77. The van der Waals surface area contributed by atoms with E-state index in [9.17, 15) is 13.2 Å². The largest absolute Gasteiger partial charge is 0.322 e. The third-order valence-electron chi connectivity index (χ3n) is 3.99. The molecule has 0 aliphatic heterocycles. The first kappa shape index (κ1) is 18.2. The molecule has 0 aliphatic carbocycles. The van der Waals surface area contributed by atoms with E-state index < -0.39 is 10.0 Å². The molecule has 1 heterocycles. The van der Waals surface area contributed by atoms with Crippen LogP contribution in [-0.2, 0) is 10.0 Å². The molecule has 5 nitrogen and oxygen atoms in total. The van der Waals surface area contributed by atoms with E-state index in [-0.39, 0.29) is 10.1 Å². The van der Waals surface area contributed by atoms with Gasteiger partial charge in [0.1, 0.15) is 4.21 Å². The Labute approximate surface area is 156 Å². The minimum atomic E-state index is -3.65. The van der Waals surface area contributed by atoms with Gasteiger partial charge >= 0.3 is 0 Å². The zero-order valence-corrected chi connectivity index (χ0v) is 15.9. The lowest BCUT2D eigenvalue weighted by atomic mass is 10.1. The van der Waals surface area contributed by atoms with Crippen LogP contribution in [0.3, 0.4) is 0 Å². The van der Waals surface area contributed by atoms with Gasteiger partial charge in [-0.1, -0.05) is 24.3 Å². The van der Waals surface area contributed by atoms with E-state index in [1.54, 1.807) is 29.6 Å². The first-order chi connectivity index (χ1) is 12.4. The monoisotopic (exact) mass is 386 g/mol. The maximum atomic E-state index is 12.5. The molecule has 0 bridgehead atoms. The van der Waals surface area contributed by atoms with E-state index in [2.05, 4.69) is 10.0 Å². The SMILES string of the molecule is Cc1cccc(NC(=O)c2cccc(NS(=O)(=O)c3cccs3)c2)c1C. The van der Waals surface area contributed by atoms with E-state index in [0.29, 0.717) is 11.3 Å². The van der Waals surface area contributed by atoms with Gasteiger partial charge in [-0.05, 0) is 60.7 Å². The van der Waals surface area contributed by atoms with Crippen molar-refractivity contribution < 1.29 is 13.2 Å². The van der Waals surface area contributed by atoms with Gasteiger partial charge in [0.05, 0.1) is 0 Å². The van der Waals surface area contributed by atoms with Gasteiger partial charge in [0.2, 0.25) is 0 Å². The summed E-state index contributed by atoms with van der Waals surface area (Å²) in [6, 6.07) is 15.3. The molecule has 0 aliphatic rings. The van der Waals surface area contributed by atoms with Crippen LogP contribution >= 0.6 is 11.3 Å². The maximum absolute atomic E-state index is 12.5. The summed E-state index contributed by atoms with van der Waals surface area (Å²) in [6.45, 7) is 3.92. The summed E-state index contributed by atoms with van der Waals surface area (Å²) < 4.78 is 27.4. The summed E-state index contributed by atoms with van der Waals surface area (Å²) in [6.07, 6.45) is 0. The van der Waals surface area contributed by atoms with Crippen LogP contribution < -0.4 is 10.0 Å². The number of rotatable bonds is 5. The van der Waals surface area contributed by atoms with Crippen LogP contribution in [0.1, 0.15) is 21.5 Å². The van der Waals surface area contributed by atoms with Crippen molar-refractivity contribution in [3.63, 3.8) is 0 Å². The quantitative estimate of drug-likeness (QED) is 0.682. The van der Waals surface area contributed by atoms with Gasteiger partial charge in [-0.2, -0.15) is 0 Å². The molecule has 0 unspecified atom stereocenters. The van der Waals surface area contributed by atoms with Crippen LogP contribution in [0.5, 0.6) is 0 Å². The Morgan fingerprint density at radius 1 is 1.00 bits per heavy atom. The van der Waals surface area contributed by atoms with Crippen molar-refractivity contribution in [3.05, 3.63) is 76.7 Å². The highest BCUT2D eigenvalue weighted by atomic mass is 32.2. The second-order valence-corrected chi connectivity index (χ2v) is 8.68. The van der Waals surface area contributed by atoms with Gasteiger partial charge in [0.15, 0.2) is 0 Å². The van der Waals surface area contributed by atoms with Crippen LogP contribution in [0.25, 0.3) is 0 Å². The topological polar surface area (TPSA) is 75.3 Å². The zero-order chi connectivity index (χ0) is 18.7. The number of thiophene rings is 1. The maximum Gasteiger partial charge on any atom is 0.271 e. The molecule has 1 amide bonds. The summed E-state index contributed by atoms with van der Waals surface area (Å²) in [4.78, 5) is 12.5. The molecule has 0 fully saturated rings. The zero-order valence-electron chi connectivity index (χ0n) is 14.3. The van der Waals surface area contributed by atoms with E-state index >= 15 is 0 Å². The molecule has 26 heavy (non-hydrogen) atoms. The van der Waals surface area contributed by atoms with Gasteiger partial charge in [0, 0.05) is 16.9 Å². The summed E-state index contributed by atoms with van der Waals surface area (Å²) in [7, 11) is -3.65. The van der Waals surface area contributed by atoms with E-state index in [1.165, 1.54) is 12.1 Å². The lowest BCUT2D eigenvalue weighted by molar-refractivity contribution is 0.102. The highest BCUT2D eigenvalue weighted by Gasteiger charge is 2.16. The average Bonchev–Trinajstić information content (AvgIpc) is 3.14. The molecule has 0 saturated heterocycles. The van der Waals surface area contributed by atoms with Crippen LogP contribution in [0.4, 0.5) is 11.4 Å². The Balaban J connectivity index is 1.81. The van der Waals surface area contributed by atoms with E-state index in [4.69, 9.17) is 0 Å². The molecule has 0 saturated carbocycles. The second-order valence-electron chi connectivity index (χ2n) is 5.82. The number of nitrogens with one attached hydrogen (secondary N) is 2. The normalized spacial score (nSPS) is 11.2. The van der Waals surface area contributed by atoms with Crippen molar-refractivity contribution in [2.75, 3.05) is 10.0 Å². The number of sulfonamides is 1. The Morgan fingerprint density at radius 2 is 1.77 bits per heavy atom. The van der Waals surface area contributed by atoms with E-state index in [0.717, 1.165) is 28.2 Å². The Bertz CT molecular complexity index is 1040. The number of aryl methyl sites for hydroxylation is 1.